The Kier molecular flexibility index (Phi) is 4.34. The third kappa shape index (κ3) is 3.15. The minimum atomic E-state index is -3.31. The summed E-state index contributed by atoms with van der Waals surface area (Å²) in [7, 11) is -3.31. The van der Waals surface area contributed by atoms with E-state index in [0.29, 0.717) is 30.8 Å². The van der Waals surface area contributed by atoms with Crippen LogP contribution in [0.25, 0.3) is 0 Å². The molecule has 24 heavy (non-hydrogen) atoms. The molecule has 132 valence electrons. The van der Waals surface area contributed by atoms with Gasteiger partial charge in [-0.2, -0.15) is 0 Å². The van der Waals surface area contributed by atoms with Gasteiger partial charge in [0.15, 0.2) is 0 Å². The third-order valence-electron chi connectivity index (χ3n) is 4.54. The van der Waals surface area contributed by atoms with Crippen LogP contribution in [0.1, 0.15) is 36.7 Å². The van der Waals surface area contributed by atoms with E-state index in [2.05, 4.69) is 0 Å². The van der Waals surface area contributed by atoms with Crippen molar-refractivity contribution in [3.63, 3.8) is 0 Å². The average molecular weight is 352 g/mol. The Labute approximate surface area is 143 Å². The molecule has 6 nitrogen and oxygen atoms in total. The normalized spacial score (nSPS) is 27.2. The van der Waals surface area contributed by atoms with Gasteiger partial charge in [-0.1, -0.05) is 0 Å². The van der Waals surface area contributed by atoms with E-state index in [1.54, 1.807) is 12.1 Å². The number of morpholine rings is 1. The van der Waals surface area contributed by atoms with Gasteiger partial charge >= 0.3 is 0 Å². The fraction of sp³-hybridized carbons (Fsp3) is 0.588. The lowest BCUT2D eigenvalue weighted by molar-refractivity contribution is -0.0586. The zero-order valence-electron chi connectivity index (χ0n) is 14.5. The Morgan fingerprint density at radius 1 is 1.17 bits per heavy atom. The molecule has 0 aliphatic carbocycles. The van der Waals surface area contributed by atoms with Crippen molar-refractivity contribution in [3.8, 4) is 0 Å². The maximum Gasteiger partial charge on any atom is 0.254 e. The number of amides is 1. The number of carbonyl (C=O) groups excluding carboxylic acids is 1. The number of rotatable bonds is 2. The number of fused-ring (bicyclic) bond motifs is 1. The zero-order chi connectivity index (χ0) is 17.6. The van der Waals surface area contributed by atoms with E-state index in [0.717, 1.165) is 5.56 Å². The van der Waals surface area contributed by atoms with Gasteiger partial charge in [-0.15, -0.1) is 0 Å². The first-order valence-corrected chi connectivity index (χ1v) is 10.1. The van der Waals surface area contributed by atoms with E-state index in [9.17, 15) is 13.2 Å². The van der Waals surface area contributed by atoms with Gasteiger partial charge in [-0.3, -0.25) is 9.10 Å². The van der Waals surface area contributed by atoms with E-state index >= 15 is 0 Å². The second-order valence-electron chi connectivity index (χ2n) is 6.92. The van der Waals surface area contributed by atoms with Crippen molar-refractivity contribution in [2.75, 3.05) is 23.7 Å². The first kappa shape index (κ1) is 17.2. The second kappa shape index (κ2) is 6.04. The molecule has 0 radical (unpaired) electrons. The standard InChI is InChI=1S/C17H24N2O4S/c1-11-7-15-8-14(5-6-16(15)19(11)24(4,21)22)17(20)18-9-12(2)23-13(3)10-18/h5-6,8,11-13H,7,9-10H2,1-4H3. The number of sulfonamides is 1. The molecule has 1 saturated heterocycles. The lowest BCUT2D eigenvalue weighted by Gasteiger charge is -2.35. The minimum Gasteiger partial charge on any atom is -0.372 e. The monoisotopic (exact) mass is 352 g/mol. The first-order chi connectivity index (χ1) is 11.2. The molecule has 0 saturated carbocycles. The van der Waals surface area contributed by atoms with Gasteiger partial charge in [0.2, 0.25) is 10.0 Å². The quantitative estimate of drug-likeness (QED) is 0.812. The van der Waals surface area contributed by atoms with E-state index in [-0.39, 0.29) is 24.2 Å². The van der Waals surface area contributed by atoms with Crippen LogP contribution >= 0.6 is 0 Å². The summed E-state index contributed by atoms with van der Waals surface area (Å²) in [6.45, 7) is 6.96. The predicted octanol–water partition coefficient (Wildman–Crippen LogP) is 1.65. The lowest BCUT2D eigenvalue weighted by Crippen LogP contribution is -2.48. The summed E-state index contributed by atoms with van der Waals surface area (Å²) in [6, 6.07) is 5.19. The van der Waals surface area contributed by atoms with Crippen LogP contribution in [0, 0.1) is 0 Å². The highest BCUT2D eigenvalue weighted by Gasteiger charge is 2.33. The Bertz CT molecular complexity index is 752. The van der Waals surface area contributed by atoms with Crippen LogP contribution in [-0.4, -0.2) is 56.8 Å². The van der Waals surface area contributed by atoms with Crippen molar-refractivity contribution in [2.24, 2.45) is 0 Å². The Hall–Kier alpha value is -1.60. The number of anilines is 1. The lowest BCUT2D eigenvalue weighted by atomic mass is 10.1. The predicted molar refractivity (Wildman–Crippen MR) is 92.8 cm³/mol. The molecule has 1 aromatic carbocycles. The van der Waals surface area contributed by atoms with Crippen molar-refractivity contribution < 1.29 is 17.9 Å². The Morgan fingerprint density at radius 2 is 1.79 bits per heavy atom. The SMILES string of the molecule is CC1CN(C(=O)c2ccc3c(c2)CC(C)N3S(C)(=O)=O)CC(C)O1. The minimum absolute atomic E-state index is 0.0212. The van der Waals surface area contributed by atoms with Gasteiger partial charge in [0.25, 0.3) is 5.91 Å². The summed E-state index contributed by atoms with van der Waals surface area (Å²) in [5, 5.41) is 0. The van der Waals surface area contributed by atoms with Gasteiger partial charge in [-0.25, -0.2) is 8.42 Å². The topological polar surface area (TPSA) is 66.9 Å². The number of nitrogens with zero attached hydrogens (tertiary/aromatic N) is 2. The summed E-state index contributed by atoms with van der Waals surface area (Å²) in [5.41, 5.74) is 2.20. The van der Waals surface area contributed by atoms with Gasteiger partial charge < -0.3 is 9.64 Å². The molecule has 3 unspecified atom stereocenters. The maximum atomic E-state index is 12.8. The number of ether oxygens (including phenoxy) is 1. The van der Waals surface area contributed by atoms with Crippen LogP contribution < -0.4 is 4.31 Å². The molecule has 3 rings (SSSR count). The van der Waals surface area contributed by atoms with Crippen LogP contribution in [-0.2, 0) is 21.2 Å². The number of hydrogen-bond donors (Lipinski definition) is 0. The van der Waals surface area contributed by atoms with E-state index in [1.165, 1.54) is 10.6 Å². The van der Waals surface area contributed by atoms with Crippen molar-refractivity contribution in [3.05, 3.63) is 29.3 Å². The number of hydrogen-bond acceptors (Lipinski definition) is 4. The van der Waals surface area contributed by atoms with Crippen LogP contribution in [0.5, 0.6) is 0 Å². The molecular weight excluding hydrogens is 328 g/mol. The molecular formula is C17H24N2O4S. The summed E-state index contributed by atoms with van der Waals surface area (Å²) < 4.78 is 31.1. The second-order valence-corrected chi connectivity index (χ2v) is 8.78. The van der Waals surface area contributed by atoms with E-state index in [4.69, 9.17) is 4.74 Å². The molecule has 2 aliphatic heterocycles. The van der Waals surface area contributed by atoms with E-state index in [1.807, 2.05) is 31.7 Å². The molecule has 1 aromatic rings. The van der Waals surface area contributed by atoms with Gasteiger partial charge in [0.1, 0.15) is 0 Å². The molecule has 1 fully saturated rings. The Balaban J connectivity index is 1.88. The zero-order valence-corrected chi connectivity index (χ0v) is 15.3. The molecule has 0 aromatic heterocycles. The summed E-state index contributed by atoms with van der Waals surface area (Å²) in [4.78, 5) is 14.6. The molecule has 0 bridgehead atoms. The molecule has 1 amide bonds. The maximum absolute atomic E-state index is 12.8. The van der Waals surface area contributed by atoms with Crippen LogP contribution in [0.3, 0.4) is 0 Å². The van der Waals surface area contributed by atoms with Crippen molar-refractivity contribution in [2.45, 2.75) is 45.4 Å². The molecule has 0 spiro atoms. The van der Waals surface area contributed by atoms with Crippen LogP contribution in [0.15, 0.2) is 18.2 Å². The van der Waals surface area contributed by atoms with Gasteiger partial charge in [-0.05, 0) is 51.0 Å². The smallest absolute Gasteiger partial charge is 0.254 e. The molecule has 7 heteroatoms. The highest BCUT2D eigenvalue weighted by Crippen LogP contribution is 2.35. The highest BCUT2D eigenvalue weighted by atomic mass is 32.2. The Morgan fingerprint density at radius 3 is 2.38 bits per heavy atom. The summed E-state index contributed by atoms with van der Waals surface area (Å²) in [6.07, 6.45) is 1.88. The van der Waals surface area contributed by atoms with E-state index < -0.39 is 10.0 Å². The molecule has 3 atom stereocenters. The first-order valence-electron chi connectivity index (χ1n) is 8.24. The van der Waals surface area contributed by atoms with Crippen molar-refractivity contribution in [1.29, 1.82) is 0 Å². The molecule has 2 aliphatic rings. The largest absolute Gasteiger partial charge is 0.372 e. The molecule has 0 N–H and O–H groups in total. The molecule has 2 heterocycles. The van der Waals surface area contributed by atoms with Gasteiger partial charge in [0.05, 0.1) is 24.2 Å². The highest BCUT2D eigenvalue weighted by molar-refractivity contribution is 7.92. The third-order valence-corrected chi connectivity index (χ3v) is 5.81. The summed E-state index contributed by atoms with van der Waals surface area (Å²) >= 11 is 0. The summed E-state index contributed by atoms with van der Waals surface area (Å²) in [5.74, 6) is -0.0229. The van der Waals surface area contributed by atoms with Crippen LogP contribution in [0.2, 0.25) is 0 Å². The van der Waals surface area contributed by atoms with Gasteiger partial charge in [0, 0.05) is 24.7 Å². The van der Waals surface area contributed by atoms with Crippen molar-refractivity contribution in [1.82, 2.24) is 4.90 Å². The number of carbonyl (C=O) groups is 1. The van der Waals surface area contributed by atoms with Crippen LogP contribution in [0.4, 0.5) is 5.69 Å². The van der Waals surface area contributed by atoms with Crippen molar-refractivity contribution >= 4 is 21.6 Å². The fourth-order valence-electron chi connectivity index (χ4n) is 3.77. The fourth-order valence-corrected chi connectivity index (χ4v) is 5.03. The number of benzene rings is 1. The average Bonchev–Trinajstić information content (AvgIpc) is 2.80.